The molecule has 2 aromatic carbocycles. The molecule has 0 unspecified atom stereocenters. The van der Waals surface area contributed by atoms with Gasteiger partial charge in [0.25, 0.3) is 11.8 Å². The van der Waals surface area contributed by atoms with Crippen LogP contribution in [0.15, 0.2) is 53.0 Å². The molecule has 1 aliphatic heterocycles. The summed E-state index contributed by atoms with van der Waals surface area (Å²) in [5, 5.41) is 0. The number of rotatable bonds is 5. The maximum absolute atomic E-state index is 12.6. The topological polar surface area (TPSA) is 87.7 Å². The van der Waals surface area contributed by atoms with Crippen molar-refractivity contribution in [3.8, 4) is 5.75 Å². The lowest BCUT2D eigenvalue weighted by atomic mass is 10.2. The summed E-state index contributed by atoms with van der Waals surface area (Å²) in [6.45, 7) is 0. The van der Waals surface area contributed by atoms with Gasteiger partial charge in [0.1, 0.15) is 11.8 Å². The van der Waals surface area contributed by atoms with Gasteiger partial charge < -0.3 is 4.74 Å². The number of hydrazine groups is 1. The zero-order valence-corrected chi connectivity index (χ0v) is 15.4. The third kappa shape index (κ3) is 3.47. The van der Waals surface area contributed by atoms with E-state index in [2.05, 4.69) is 26.8 Å². The van der Waals surface area contributed by atoms with Gasteiger partial charge in [-0.2, -0.15) is 0 Å². The van der Waals surface area contributed by atoms with E-state index in [4.69, 9.17) is 4.74 Å². The Morgan fingerprint density at radius 3 is 2.58 bits per heavy atom. The first kappa shape index (κ1) is 18.1. The molecule has 1 aliphatic rings. The number of ether oxygens (including phenoxy) is 1. The highest BCUT2D eigenvalue weighted by Crippen LogP contribution is 2.31. The van der Waals surface area contributed by atoms with E-state index in [0.29, 0.717) is 21.5 Å². The number of imide groups is 1. The minimum atomic E-state index is -0.848. The summed E-state index contributed by atoms with van der Waals surface area (Å²) in [7, 11) is 1.47. The van der Waals surface area contributed by atoms with Gasteiger partial charge in [0, 0.05) is 4.47 Å². The van der Waals surface area contributed by atoms with Crippen molar-refractivity contribution in [1.29, 1.82) is 0 Å². The van der Waals surface area contributed by atoms with Crippen molar-refractivity contribution in [3.63, 3.8) is 0 Å². The van der Waals surface area contributed by atoms with Gasteiger partial charge in [-0.15, -0.1) is 0 Å². The Labute approximate surface area is 158 Å². The number of carbonyl (C=O) groups is 3. The van der Waals surface area contributed by atoms with E-state index >= 15 is 0 Å². The molecule has 1 heterocycles. The highest BCUT2D eigenvalue weighted by atomic mass is 79.9. The van der Waals surface area contributed by atoms with Gasteiger partial charge in [-0.25, -0.2) is 10.3 Å². The van der Waals surface area contributed by atoms with Crippen molar-refractivity contribution in [2.75, 3.05) is 12.0 Å². The minimum Gasteiger partial charge on any atom is -0.495 e. The molecule has 0 aromatic heterocycles. The van der Waals surface area contributed by atoms with Gasteiger partial charge in [-0.1, -0.05) is 24.3 Å². The largest absolute Gasteiger partial charge is 0.495 e. The zero-order valence-electron chi connectivity index (χ0n) is 13.9. The van der Waals surface area contributed by atoms with Crippen molar-refractivity contribution in [2.24, 2.45) is 0 Å². The lowest BCUT2D eigenvalue weighted by Gasteiger charge is -2.18. The van der Waals surface area contributed by atoms with E-state index < -0.39 is 17.9 Å². The fourth-order valence-electron chi connectivity index (χ4n) is 2.68. The number of nitrogens with zero attached hydrogens (tertiary/aromatic N) is 1. The molecule has 2 N–H and O–H groups in total. The molecule has 134 valence electrons. The second-order valence-corrected chi connectivity index (χ2v) is 6.43. The monoisotopic (exact) mass is 417 g/mol. The van der Waals surface area contributed by atoms with Crippen LogP contribution in [0.2, 0.25) is 0 Å². The number of amides is 3. The van der Waals surface area contributed by atoms with Gasteiger partial charge >= 0.3 is 0 Å². The molecule has 1 atom stereocenters. The van der Waals surface area contributed by atoms with Crippen LogP contribution in [0.4, 0.5) is 5.69 Å². The maximum Gasteiger partial charge on any atom is 0.266 e. The predicted molar refractivity (Wildman–Crippen MR) is 98.6 cm³/mol. The molecule has 0 aliphatic carbocycles. The van der Waals surface area contributed by atoms with E-state index in [1.54, 1.807) is 48.5 Å². The van der Waals surface area contributed by atoms with Crippen LogP contribution in [-0.4, -0.2) is 30.9 Å². The first-order chi connectivity index (χ1) is 12.5. The summed E-state index contributed by atoms with van der Waals surface area (Å²) in [5.41, 5.74) is 5.93. The van der Waals surface area contributed by atoms with E-state index in [-0.39, 0.29) is 12.3 Å². The van der Waals surface area contributed by atoms with Crippen LogP contribution in [-0.2, 0) is 9.59 Å². The Hall–Kier alpha value is -2.71. The quantitative estimate of drug-likeness (QED) is 0.573. The number of hydrogen-bond donors (Lipinski definition) is 2. The molecule has 3 amide bonds. The summed E-state index contributed by atoms with van der Waals surface area (Å²) in [6, 6.07) is 12.8. The fourth-order valence-corrected chi connectivity index (χ4v) is 3.14. The van der Waals surface area contributed by atoms with E-state index in [1.807, 2.05) is 0 Å². The van der Waals surface area contributed by atoms with Gasteiger partial charge in [0.2, 0.25) is 5.91 Å². The van der Waals surface area contributed by atoms with Crippen molar-refractivity contribution in [2.45, 2.75) is 12.5 Å². The third-order valence-corrected chi connectivity index (χ3v) is 4.64. The molecule has 0 spiro atoms. The molecule has 0 saturated carbocycles. The SMILES string of the molecule is COc1ccccc1N1C(=O)C[C@@H](NNC(=O)c2ccccc2Br)C1=O. The van der Waals surface area contributed by atoms with E-state index in [1.165, 1.54) is 7.11 Å². The van der Waals surface area contributed by atoms with Crippen LogP contribution in [0.1, 0.15) is 16.8 Å². The summed E-state index contributed by atoms with van der Waals surface area (Å²) < 4.78 is 5.85. The Morgan fingerprint density at radius 1 is 1.15 bits per heavy atom. The molecule has 0 radical (unpaired) electrons. The number of carbonyl (C=O) groups excluding carboxylic acids is 3. The number of halogens is 1. The number of anilines is 1. The lowest BCUT2D eigenvalue weighted by Crippen LogP contribution is -2.48. The van der Waals surface area contributed by atoms with Gasteiger partial charge in [-0.3, -0.25) is 19.8 Å². The average molecular weight is 418 g/mol. The van der Waals surface area contributed by atoms with Crippen LogP contribution in [0, 0.1) is 0 Å². The summed E-state index contributed by atoms with van der Waals surface area (Å²) in [5.74, 6) is -0.806. The number of methoxy groups -OCH3 is 1. The zero-order chi connectivity index (χ0) is 18.7. The van der Waals surface area contributed by atoms with Crippen LogP contribution >= 0.6 is 15.9 Å². The minimum absolute atomic E-state index is 0.0624. The van der Waals surface area contributed by atoms with E-state index in [9.17, 15) is 14.4 Å². The second kappa shape index (κ2) is 7.67. The smallest absolute Gasteiger partial charge is 0.266 e. The molecule has 2 aromatic rings. The molecular formula is C18H16BrN3O4. The molecule has 8 heteroatoms. The van der Waals surface area contributed by atoms with Crippen molar-refractivity contribution < 1.29 is 19.1 Å². The third-order valence-electron chi connectivity index (χ3n) is 3.95. The number of nitrogens with one attached hydrogen (secondary N) is 2. The van der Waals surface area contributed by atoms with Crippen molar-refractivity contribution in [1.82, 2.24) is 10.9 Å². The Morgan fingerprint density at radius 2 is 1.85 bits per heavy atom. The number of para-hydroxylation sites is 2. The second-order valence-electron chi connectivity index (χ2n) is 5.57. The first-order valence-corrected chi connectivity index (χ1v) is 8.62. The van der Waals surface area contributed by atoms with Crippen molar-refractivity contribution in [3.05, 3.63) is 58.6 Å². The Balaban J connectivity index is 1.71. The average Bonchev–Trinajstić information content (AvgIpc) is 2.93. The van der Waals surface area contributed by atoms with Gasteiger partial charge in [0.15, 0.2) is 0 Å². The molecule has 7 nitrogen and oxygen atoms in total. The molecule has 1 saturated heterocycles. The van der Waals surface area contributed by atoms with Crippen molar-refractivity contribution >= 4 is 39.3 Å². The fraction of sp³-hybridized carbons (Fsp3) is 0.167. The van der Waals surface area contributed by atoms with Crippen LogP contribution < -0.4 is 20.5 Å². The molecule has 3 rings (SSSR count). The number of hydrogen-bond acceptors (Lipinski definition) is 5. The van der Waals surface area contributed by atoms with Crippen LogP contribution in [0.25, 0.3) is 0 Å². The van der Waals surface area contributed by atoms with Crippen LogP contribution in [0.5, 0.6) is 5.75 Å². The standard InChI is InChI=1S/C18H16BrN3O4/c1-26-15-9-5-4-8-14(15)22-16(23)10-13(18(22)25)20-21-17(24)11-6-2-3-7-12(11)19/h2-9,13,20H,10H2,1H3,(H,21,24)/t13-/m1/s1. The van der Waals surface area contributed by atoms with Crippen LogP contribution in [0.3, 0.4) is 0 Å². The van der Waals surface area contributed by atoms with Gasteiger partial charge in [0.05, 0.1) is 24.8 Å². The molecule has 1 fully saturated rings. The molecule has 0 bridgehead atoms. The molecule has 26 heavy (non-hydrogen) atoms. The summed E-state index contributed by atoms with van der Waals surface area (Å²) >= 11 is 3.30. The Bertz CT molecular complexity index is 871. The lowest BCUT2D eigenvalue weighted by molar-refractivity contribution is -0.121. The maximum atomic E-state index is 12.6. The highest BCUT2D eigenvalue weighted by Gasteiger charge is 2.40. The van der Waals surface area contributed by atoms with E-state index in [0.717, 1.165) is 4.90 Å². The highest BCUT2D eigenvalue weighted by molar-refractivity contribution is 9.10. The predicted octanol–water partition coefficient (Wildman–Crippen LogP) is 2.02. The number of benzene rings is 2. The van der Waals surface area contributed by atoms with Gasteiger partial charge in [-0.05, 0) is 40.2 Å². The first-order valence-electron chi connectivity index (χ1n) is 7.83. The Kier molecular flexibility index (Phi) is 5.34. The summed E-state index contributed by atoms with van der Waals surface area (Å²) in [6.07, 6.45) is -0.0624. The normalized spacial score (nSPS) is 16.7. The summed E-state index contributed by atoms with van der Waals surface area (Å²) in [4.78, 5) is 38.2. The molecular weight excluding hydrogens is 402 g/mol.